The van der Waals surface area contributed by atoms with E-state index in [1.54, 1.807) is 0 Å². The summed E-state index contributed by atoms with van der Waals surface area (Å²) < 4.78 is -1.29. The Morgan fingerprint density at radius 1 is 0.658 bits per heavy atom. The summed E-state index contributed by atoms with van der Waals surface area (Å²) in [5.74, 6) is 1.22. The average Bonchev–Trinajstić information content (AvgIpc) is 3.18. The minimum absolute atomic E-state index is 0.258. The molecule has 0 fully saturated rings. The van der Waals surface area contributed by atoms with E-state index in [1.165, 1.54) is 61.2 Å². The van der Waals surface area contributed by atoms with Gasteiger partial charge in [0.15, 0.2) is 0 Å². The Morgan fingerprint density at radius 2 is 1.16 bits per heavy atom. The molecule has 0 amide bonds. The summed E-state index contributed by atoms with van der Waals surface area (Å²) in [5.41, 5.74) is 13.9. The minimum Gasteiger partial charge on any atom is -0.114 e. The van der Waals surface area contributed by atoms with Gasteiger partial charge in [-0.25, -0.2) is 0 Å². The number of hydrogen-bond acceptors (Lipinski definition) is 0. The van der Waals surface area contributed by atoms with Crippen LogP contribution in [0.3, 0.4) is 0 Å². The van der Waals surface area contributed by atoms with Gasteiger partial charge in [-0.05, 0) is 107 Å². The largest absolute Gasteiger partial charge is 0.118 e. The van der Waals surface area contributed by atoms with Crippen molar-refractivity contribution in [1.29, 1.82) is 0 Å². The molecule has 0 saturated carbocycles. The Kier molecular flexibility index (Phi) is 7.35. The van der Waals surface area contributed by atoms with Crippen molar-refractivity contribution in [3.05, 3.63) is 117 Å². The molecule has 2 radical (unpaired) electrons. The highest BCUT2D eigenvalue weighted by Gasteiger charge is 2.52. The van der Waals surface area contributed by atoms with Gasteiger partial charge < -0.3 is 0 Å². The summed E-state index contributed by atoms with van der Waals surface area (Å²) in [5, 5.41) is 0. The molecular formula is C35H38Cl2Si. The zero-order chi connectivity index (χ0) is 27.4. The first-order valence-electron chi connectivity index (χ1n) is 13.8. The number of alkyl halides is 2. The quantitative estimate of drug-likeness (QED) is 0.200. The summed E-state index contributed by atoms with van der Waals surface area (Å²) in [6, 6.07) is 24.6. The first-order chi connectivity index (χ1) is 18.0. The molecule has 5 rings (SSSR count). The molecule has 0 bridgehead atoms. The smallest absolute Gasteiger partial charge is 0.114 e. The summed E-state index contributed by atoms with van der Waals surface area (Å²) in [7, 11) is 0.258. The van der Waals surface area contributed by atoms with Crippen LogP contribution in [0.4, 0.5) is 0 Å². The fourth-order valence-corrected chi connectivity index (χ4v) is 9.70. The van der Waals surface area contributed by atoms with Gasteiger partial charge in [0, 0.05) is 0 Å². The monoisotopic (exact) mass is 556 g/mol. The van der Waals surface area contributed by atoms with Gasteiger partial charge in [-0.15, -0.1) is 23.2 Å². The first kappa shape index (κ1) is 27.5. The Balaban J connectivity index is 1.65. The molecular weight excluding hydrogens is 519 g/mol. The van der Waals surface area contributed by atoms with Gasteiger partial charge in [0.1, 0.15) is 9.52 Å². The van der Waals surface area contributed by atoms with Crippen LogP contribution in [0.1, 0.15) is 87.4 Å². The molecule has 0 aromatic heterocycles. The summed E-state index contributed by atoms with van der Waals surface area (Å²) in [6.45, 7) is 15.7. The molecule has 2 unspecified atom stereocenters. The number of allylic oxidation sites excluding steroid dienone is 3. The Morgan fingerprint density at radius 3 is 1.71 bits per heavy atom. The van der Waals surface area contributed by atoms with Crippen molar-refractivity contribution in [2.75, 3.05) is 0 Å². The second-order valence-corrected chi connectivity index (χ2v) is 15.5. The third-order valence-electron chi connectivity index (χ3n) is 8.25. The van der Waals surface area contributed by atoms with Crippen LogP contribution in [0.2, 0.25) is 0 Å². The lowest BCUT2D eigenvalue weighted by Crippen LogP contribution is -2.40. The van der Waals surface area contributed by atoms with Crippen LogP contribution >= 0.6 is 23.2 Å². The average molecular weight is 558 g/mol. The zero-order valence-electron chi connectivity index (χ0n) is 23.7. The molecule has 2 atom stereocenters. The normalized spacial score (nSPS) is 22.6. The second-order valence-electron chi connectivity index (χ2n) is 12.0. The minimum atomic E-state index is -0.668. The Labute approximate surface area is 242 Å². The van der Waals surface area contributed by atoms with Gasteiger partial charge in [-0.1, -0.05) is 94.4 Å². The van der Waals surface area contributed by atoms with Crippen LogP contribution in [-0.4, -0.2) is 9.52 Å². The fourth-order valence-electron chi connectivity index (χ4n) is 6.27. The molecule has 0 heterocycles. The van der Waals surface area contributed by atoms with Crippen LogP contribution < -0.4 is 0 Å². The van der Waals surface area contributed by atoms with Crippen LogP contribution in [0, 0.1) is 11.8 Å². The van der Waals surface area contributed by atoms with E-state index in [9.17, 15) is 0 Å². The third-order valence-corrected chi connectivity index (χ3v) is 11.8. The predicted octanol–water partition coefficient (Wildman–Crippen LogP) is 9.91. The third kappa shape index (κ3) is 4.55. The van der Waals surface area contributed by atoms with E-state index in [0.29, 0.717) is 11.8 Å². The maximum atomic E-state index is 7.85. The van der Waals surface area contributed by atoms with Crippen molar-refractivity contribution < 1.29 is 0 Å². The summed E-state index contributed by atoms with van der Waals surface area (Å²) in [4.78, 5) is 0. The standard InChI is InChI=1S/C35H38Cl2Si/c1-21(2)17-26-13-15-31-29(19-26)23(5)24(6)34(31,36)38-35(37)25(7)33(28-11-9-8-10-12-28)30-20-27(18-22(3)4)14-16-32(30)35/h8-16,19-22H,17-18H2,1-7H3. The van der Waals surface area contributed by atoms with Gasteiger partial charge in [0.25, 0.3) is 0 Å². The molecule has 0 nitrogen and oxygen atoms in total. The molecule has 3 heteroatoms. The Bertz CT molecular complexity index is 1450. The number of halogens is 2. The molecule has 196 valence electrons. The van der Waals surface area contributed by atoms with Crippen molar-refractivity contribution in [2.45, 2.75) is 70.3 Å². The van der Waals surface area contributed by atoms with E-state index in [4.69, 9.17) is 23.2 Å². The number of hydrogen-bond donors (Lipinski definition) is 0. The van der Waals surface area contributed by atoms with Gasteiger partial charge in [-0.3, -0.25) is 0 Å². The summed E-state index contributed by atoms with van der Waals surface area (Å²) in [6.07, 6.45) is 2.13. The van der Waals surface area contributed by atoms with E-state index < -0.39 is 8.99 Å². The predicted molar refractivity (Wildman–Crippen MR) is 167 cm³/mol. The molecule has 2 aliphatic rings. The molecule has 0 saturated heterocycles. The van der Waals surface area contributed by atoms with Crippen LogP contribution in [0.25, 0.3) is 11.1 Å². The van der Waals surface area contributed by atoms with Crippen molar-refractivity contribution in [2.24, 2.45) is 11.8 Å². The highest BCUT2D eigenvalue weighted by Crippen LogP contribution is 2.57. The van der Waals surface area contributed by atoms with Gasteiger partial charge in [0.05, 0.1) is 8.99 Å². The lowest BCUT2D eigenvalue weighted by Gasteiger charge is -2.35. The molecule has 0 spiro atoms. The fraction of sp³-hybridized carbons (Fsp3) is 0.371. The molecule has 3 aromatic rings. The molecule has 38 heavy (non-hydrogen) atoms. The van der Waals surface area contributed by atoms with Crippen molar-refractivity contribution >= 4 is 43.9 Å². The number of rotatable bonds is 7. The highest BCUT2D eigenvalue weighted by molar-refractivity contribution is 6.70. The van der Waals surface area contributed by atoms with Gasteiger partial charge in [0.2, 0.25) is 0 Å². The maximum Gasteiger partial charge on any atom is 0.118 e. The van der Waals surface area contributed by atoms with Crippen LogP contribution in [0.5, 0.6) is 0 Å². The van der Waals surface area contributed by atoms with E-state index in [2.05, 4.69) is 115 Å². The van der Waals surface area contributed by atoms with Crippen molar-refractivity contribution in [1.82, 2.24) is 0 Å². The lowest BCUT2D eigenvalue weighted by atomic mass is 9.94. The molecule has 0 N–H and O–H groups in total. The Hall–Kier alpha value is -2.06. The van der Waals surface area contributed by atoms with Crippen LogP contribution in [0.15, 0.2) is 77.9 Å². The lowest BCUT2D eigenvalue weighted by molar-refractivity contribution is 0.647. The number of fused-ring (bicyclic) bond motifs is 2. The van der Waals surface area contributed by atoms with Crippen molar-refractivity contribution in [3.8, 4) is 0 Å². The molecule has 3 aromatic carbocycles. The highest BCUT2D eigenvalue weighted by atomic mass is 35.5. The SMILES string of the molecule is CC1=C(C)C(Cl)([Si]C2(Cl)C(C)=C(c3ccccc3)c3cc(CC(C)C)ccc32)c2ccc(CC(C)C)cc21. The maximum absolute atomic E-state index is 7.85. The van der Waals surface area contributed by atoms with E-state index in [0.717, 1.165) is 12.8 Å². The van der Waals surface area contributed by atoms with E-state index in [-0.39, 0.29) is 9.52 Å². The molecule has 2 aliphatic carbocycles. The van der Waals surface area contributed by atoms with E-state index >= 15 is 0 Å². The number of benzene rings is 3. The van der Waals surface area contributed by atoms with E-state index in [1.807, 2.05) is 0 Å². The first-order valence-corrected chi connectivity index (χ1v) is 15.6. The van der Waals surface area contributed by atoms with Gasteiger partial charge >= 0.3 is 0 Å². The summed E-state index contributed by atoms with van der Waals surface area (Å²) >= 11 is 15.6. The van der Waals surface area contributed by atoms with Crippen LogP contribution in [-0.2, 0) is 21.8 Å². The molecule has 0 aliphatic heterocycles. The van der Waals surface area contributed by atoms with Crippen molar-refractivity contribution in [3.63, 3.8) is 0 Å². The zero-order valence-corrected chi connectivity index (χ0v) is 26.2. The van der Waals surface area contributed by atoms with Gasteiger partial charge in [-0.2, -0.15) is 0 Å². The second kappa shape index (κ2) is 10.2. The topological polar surface area (TPSA) is 0 Å².